The van der Waals surface area contributed by atoms with Crippen LogP contribution in [0.4, 0.5) is 0 Å². The first-order chi connectivity index (χ1) is 11.2. The highest BCUT2D eigenvalue weighted by Gasteiger charge is 2.13. The van der Waals surface area contributed by atoms with Gasteiger partial charge in [-0.15, -0.1) is 15.0 Å². The Balaban J connectivity index is 1.97. The van der Waals surface area contributed by atoms with Crippen LogP contribution in [0.15, 0.2) is 66.7 Å². The van der Waals surface area contributed by atoms with Gasteiger partial charge in [0.2, 0.25) is 0 Å². The minimum absolute atomic E-state index is 0.245. The largest absolute Gasteiger partial charge is 0.507 e. The van der Waals surface area contributed by atoms with Crippen LogP contribution < -0.4 is 0 Å². The third kappa shape index (κ3) is 2.34. The molecule has 0 fully saturated rings. The van der Waals surface area contributed by atoms with Crippen molar-refractivity contribution in [3.8, 4) is 22.6 Å². The van der Waals surface area contributed by atoms with Crippen LogP contribution >= 0.6 is 0 Å². The third-order valence-electron chi connectivity index (χ3n) is 3.85. The fourth-order valence-corrected chi connectivity index (χ4v) is 2.70. The van der Waals surface area contributed by atoms with E-state index in [-0.39, 0.29) is 5.75 Å². The molecule has 0 aliphatic carbocycles. The molecule has 0 saturated heterocycles. The number of aryl methyl sites for hydroxylation is 1. The molecular formula is C19H15N3O. The van der Waals surface area contributed by atoms with Crippen LogP contribution in [0.5, 0.6) is 5.75 Å². The summed E-state index contributed by atoms with van der Waals surface area (Å²) in [7, 11) is 0. The molecule has 0 amide bonds. The zero-order valence-corrected chi connectivity index (χ0v) is 12.6. The first-order valence-corrected chi connectivity index (χ1v) is 7.44. The lowest BCUT2D eigenvalue weighted by Gasteiger charge is -2.11. The van der Waals surface area contributed by atoms with Gasteiger partial charge in [0, 0.05) is 11.1 Å². The lowest BCUT2D eigenvalue weighted by atomic mass is 10.0. The number of hydrogen-bond donors (Lipinski definition) is 1. The Labute approximate surface area is 133 Å². The normalized spacial score (nSPS) is 11.0. The van der Waals surface area contributed by atoms with E-state index >= 15 is 0 Å². The average molecular weight is 301 g/mol. The van der Waals surface area contributed by atoms with E-state index < -0.39 is 0 Å². The number of phenolic OH excluding ortho intramolecular Hbond substituents is 1. The van der Waals surface area contributed by atoms with E-state index in [9.17, 15) is 5.11 Å². The number of phenols is 1. The summed E-state index contributed by atoms with van der Waals surface area (Å²) in [5, 5.41) is 19.3. The summed E-state index contributed by atoms with van der Waals surface area (Å²) in [5.41, 5.74) is 5.32. The smallest absolute Gasteiger partial charge is 0.123 e. The lowest BCUT2D eigenvalue weighted by molar-refractivity contribution is 0.477. The molecule has 1 N–H and O–H groups in total. The van der Waals surface area contributed by atoms with Gasteiger partial charge in [-0.05, 0) is 36.8 Å². The predicted octanol–water partition coefficient (Wildman–Crippen LogP) is 4.10. The van der Waals surface area contributed by atoms with Crippen LogP contribution in [-0.2, 0) is 0 Å². The molecular weight excluding hydrogens is 286 g/mol. The number of fused-ring (bicyclic) bond motifs is 1. The van der Waals surface area contributed by atoms with Crippen molar-refractivity contribution >= 4 is 11.0 Å². The molecule has 0 saturated carbocycles. The molecule has 0 aliphatic rings. The number of rotatable bonds is 2. The average Bonchev–Trinajstić information content (AvgIpc) is 2.99. The van der Waals surface area contributed by atoms with Crippen LogP contribution in [0, 0.1) is 6.92 Å². The van der Waals surface area contributed by atoms with Crippen molar-refractivity contribution in [2.24, 2.45) is 0 Å². The summed E-state index contributed by atoms with van der Waals surface area (Å²) < 4.78 is 0. The molecule has 4 heteroatoms. The minimum atomic E-state index is 0.245. The van der Waals surface area contributed by atoms with Gasteiger partial charge in [0.1, 0.15) is 16.8 Å². The topological polar surface area (TPSA) is 50.9 Å². The summed E-state index contributed by atoms with van der Waals surface area (Å²) in [4.78, 5) is 1.64. The van der Waals surface area contributed by atoms with E-state index in [1.165, 1.54) is 0 Å². The number of nitrogens with zero attached hydrogens (tertiary/aromatic N) is 3. The van der Waals surface area contributed by atoms with Crippen LogP contribution in [0.2, 0.25) is 0 Å². The maximum atomic E-state index is 10.2. The van der Waals surface area contributed by atoms with E-state index in [1.54, 1.807) is 10.9 Å². The van der Waals surface area contributed by atoms with Crippen molar-refractivity contribution < 1.29 is 5.11 Å². The Morgan fingerprint density at radius 2 is 1.43 bits per heavy atom. The number of benzene rings is 3. The fourth-order valence-electron chi connectivity index (χ4n) is 2.70. The van der Waals surface area contributed by atoms with Gasteiger partial charge in [-0.2, -0.15) is 0 Å². The van der Waals surface area contributed by atoms with Crippen LogP contribution in [0.25, 0.3) is 27.8 Å². The highest BCUT2D eigenvalue weighted by Crippen LogP contribution is 2.33. The first kappa shape index (κ1) is 13.5. The van der Waals surface area contributed by atoms with Gasteiger partial charge in [0.25, 0.3) is 0 Å². The first-order valence-electron chi connectivity index (χ1n) is 7.44. The lowest BCUT2D eigenvalue weighted by Crippen LogP contribution is -2.01. The maximum Gasteiger partial charge on any atom is 0.123 e. The Bertz CT molecular complexity index is 971. The molecule has 23 heavy (non-hydrogen) atoms. The summed E-state index contributed by atoms with van der Waals surface area (Å²) in [5.74, 6) is 0.245. The predicted molar refractivity (Wildman–Crippen MR) is 90.7 cm³/mol. The van der Waals surface area contributed by atoms with Crippen molar-refractivity contribution in [3.05, 3.63) is 72.3 Å². The number of hydrogen-bond acceptors (Lipinski definition) is 3. The summed E-state index contributed by atoms with van der Waals surface area (Å²) in [6, 6.07) is 21.1. The minimum Gasteiger partial charge on any atom is -0.507 e. The van der Waals surface area contributed by atoms with Crippen molar-refractivity contribution in [1.82, 2.24) is 15.0 Å². The monoisotopic (exact) mass is 301 g/mol. The molecule has 3 aromatic carbocycles. The zero-order valence-electron chi connectivity index (χ0n) is 12.6. The Morgan fingerprint density at radius 1 is 0.783 bits per heavy atom. The van der Waals surface area contributed by atoms with Crippen LogP contribution in [0.3, 0.4) is 0 Å². The number of aromatic nitrogens is 3. The number of para-hydroxylation sites is 1. The van der Waals surface area contributed by atoms with Gasteiger partial charge in [-0.25, -0.2) is 0 Å². The zero-order chi connectivity index (χ0) is 15.8. The fraction of sp³-hybridized carbons (Fsp3) is 0.0526. The molecule has 0 unspecified atom stereocenters. The molecule has 0 bridgehead atoms. The summed E-state index contributed by atoms with van der Waals surface area (Å²) in [6.07, 6.45) is 0. The molecule has 0 aliphatic heterocycles. The maximum absolute atomic E-state index is 10.2. The SMILES string of the molecule is Cc1ccc(-c2ccccc2O)c(-n2nc3ccccc3n2)c1. The van der Waals surface area contributed by atoms with Gasteiger partial charge in [0.15, 0.2) is 0 Å². The van der Waals surface area contributed by atoms with E-state index in [1.807, 2.05) is 67.6 Å². The molecule has 4 aromatic rings. The van der Waals surface area contributed by atoms with Crippen LogP contribution in [-0.4, -0.2) is 20.1 Å². The second kappa shape index (κ2) is 5.25. The molecule has 0 atom stereocenters. The quantitative estimate of drug-likeness (QED) is 0.606. The second-order valence-electron chi connectivity index (χ2n) is 5.52. The van der Waals surface area contributed by atoms with E-state index in [0.717, 1.165) is 33.4 Å². The Hall–Kier alpha value is -3.14. The van der Waals surface area contributed by atoms with Crippen molar-refractivity contribution in [2.45, 2.75) is 6.92 Å². The van der Waals surface area contributed by atoms with Gasteiger partial charge in [0.05, 0.1) is 5.69 Å². The van der Waals surface area contributed by atoms with Crippen molar-refractivity contribution in [1.29, 1.82) is 0 Å². The summed E-state index contributed by atoms with van der Waals surface area (Å²) >= 11 is 0. The molecule has 0 spiro atoms. The van der Waals surface area contributed by atoms with Crippen LogP contribution in [0.1, 0.15) is 5.56 Å². The van der Waals surface area contributed by atoms with E-state index in [4.69, 9.17) is 0 Å². The van der Waals surface area contributed by atoms with Gasteiger partial charge in [-0.1, -0.05) is 42.5 Å². The van der Waals surface area contributed by atoms with E-state index in [2.05, 4.69) is 10.2 Å². The molecule has 112 valence electrons. The third-order valence-corrected chi connectivity index (χ3v) is 3.85. The number of aromatic hydroxyl groups is 1. The highest BCUT2D eigenvalue weighted by molar-refractivity contribution is 5.79. The Morgan fingerprint density at radius 3 is 2.13 bits per heavy atom. The van der Waals surface area contributed by atoms with E-state index in [0.29, 0.717) is 0 Å². The van der Waals surface area contributed by atoms with Gasteiger partial charge >= 0.3 is 0 Å². The van der Waals surface area contributed by atoms with Crippen molar-refractivity contribution in [3.63, 3.8) is 0 Å². The standard InChI is InChI=1S/C19H15N3O/c1-13-10-11-14(15-6-2-5-9-19(15)23)18(12-13)22-20-16-7-3-4-8-17(16)21-22/h2-12,23H,1H3. The van der Waals surface area contributed by atoms with Gasteiger partial charge in [-0.3, -0.25) is 0 Å². The van der Waals surface area contributed by atoms with Crippen molar-refractivity contribution in [2.75, 3.05) is 0 Å². The second-order valence-corrected chi connectivity index (χ2v) is 5.52. The highest BCUT2D eigenvalue weighted by atomic mass is 16.3. The molecule has 4 rings (SSSR count). The molecule has 0 radical (unpaired) electrons. The Kier molecular flexibility index (Phi) is 3.08. The summed E-state index contributed by atoms with van der Waals surface area (Å²) in [6.45, 7) is 2.03. The molecule has 1 aromatic heterocycles. The van der Waals surface area contributed by atoms with Gasteiger partial charge < -0.3 is 5.11 Å². The molecule has 4 nitrogen and oxygen atoms in total. The molecule has 1 heterocycles.